The Balaban J connectivity index is 2.12. The molecule has 6 nitrogen and oxygen atoms in total. The van der Waals surface area contributed by atoms with Crippen molar-refractivity contribution in [1.29, 1.82) is 0 Å². The van der Waals surface area contributed by atoms with Crippen molar-refractivity contribution in [2.45, 2.75) is 30.7 Å². The molecule has 0 radical (unpaired) electrons. The largest absolute Gasteiger partial charge is 0.325 e. The first-order valence-corrected chi connectivity index (χ1v) is 8.09. The van der Waals surface area contributed by atoms with Gasteiger partial charge in [-0.05, 0) is 43.5 Å². The second-order valence-corrected chi connectivity index (χ2v) is 6.67. The molecule has 1 aliphatic heterocycles. The number of carbonyl (C=O) groups excluding carboxylic acids is 1. The minimum Gasteiger partial charge on any atom is -0.325 e. The van der Waals surface area contributed by atoms with Gasteiger partial charge in [0.1, 0.15) is 0 Å². The average molecular weight is 297 g/mol. The molecule has 2 rings (SSSR count). The maximum absolute atomic E-state index is 12.2. The number of primary sulfonamides is 1. The number of rotatable bonds is 3. The summed E-state index contributed by atoms with van der Waals surface area (Å²) in [6.07, 6.45) is 2.06. The Labute approximate surface area is 118 Å². The lowest BCUT2D eigenvalue weighted by atomic mass is 9.92. The summed E-state index contributed by atoms with van der Waals surface area (Å²) < 4.78 is 22.6. The Morgan fingerprint density at radius 3 is 2.85 bits per heavy atom. The van der Waals surface area contributed by atoms with E-state index in [1.54, 1.807) is 12.1 Å². The fourth-order valence-corrected chi connectivity index (χ4v) is 2.93. The first kappa shape index (κ1) is 15.0. The van der Waals surface area contributed by atoms with Crippen LogP contribution in [0.2, 0.25) is 0 Å². The molecule has 1 aromatic carbocycles. The molecule has 0 spiro atoms. The van der Waals surface area contributed by atoms with Crippen LogP contribution in [-0.2, 0) is 14.8 Å². The minimum atomic E-state index is -3.76. The maximum atomic E-state index is 12.2. The summed E-state index contributed by atoms with van der Waals surface area (Å²) in [7, 11) is -3.76. The minimum absolute atomic E-state index is 0.0139. The van der Waals surface area contributed by atoms with Gasteiger partial charge in [0.15, 0.2) is 0 Å². The van der Waals surface area contributed by atoms with Crippen LogP contribution in [0.4, 0.5) is 5.69 Å². The number of piperidine rings is 1. The van der Waals surface area contributed by atoms with E-state index in [1.807, 2.05) is 6.92 Å². The third-order valence-corrected chi connectivity index (χ3v) is 4.39. The number of carbonyl (C=O) groups is 1. The zero-order chi connectivity index (χ0) is 14.8. The topological polar surface area (TPSA) is 101 Å². The maximum Gasteiger partial charge on any atom is 0.241 e. The van der Waals surface area contributed by atoms with Gasteiger partial charge in [0.2, 0.25) is 15.9 Å². The zero-order valence-corrected chi connectivity index (χ0v) is 12.1. The molecule has 1 aromatic rings. The van der Waals surface area contributed by atoms with Gasteiger partial charge in [0.05, 0.1) is 10.9 Å². The standard InChI is InChI=1S/C13H19N3O3S/c1-9-4-3-7-15-12(9)13(17)16-10-5-2-6-11(8-10)20(14,18)19/h2,5-6,8-9,12,15H,3-4,7H2,1H3,(H,16,17)(H2,14,18,19). The van der Waals surface area contributed by atoms with E-state index in [0.717, 1.165) is 19.4 Å². The molecule has 2 atom stereocenters. The molecule has 4 N–H and O–H groups in total. The summed E-state index contributed by atoms with van der Waals surface area (Å²) in [5.41, 5.74) is 0.432. The van der Waals surface area contributed by atoms with E-state index in [4.69, 9.17) is 5.14 Å². The van der Waals surface area contributed by atoms with Crippen molar-refractivity contribution in [3.63, 3.8) is 0 Å². The van der Waals surface area contributed by atoms with Gasteiger partial charge in [-0.15, -0.1) is 0 Å². The van der Waals surface area contributed by atoms with E-state index in [1.165, 1.54) is 12.1 Å². The van der Waals surface area contributed by atoms with Gasteiger partial charge in [-0.25, -0.2) is 13.6 Å². The van der Waals surface area contributed by atoms with Crippen LogP contribution in [0.3, 0.4) is 0 Å². The number of benzene rings is 1. The van der Waals surface area contributed by atoms with E-state index in [2.05, 4.69) is 10.6 Å². The second-order valence-electron chi connectivity index (χ2n) is 5.11. The van der Waals surface area contributed by atoms with Gasteiger partial charge in [-0.2, -0.15) is 0 Å². The molecule has 0 saturated carbocycles. The summed E-state index contributed by atoms with van der Waals surface area (Å²) in [5, 5.41) is 11.0. The van der Waals surface area contributed by atoms with Gasteiger partial charge >= 0.3 is 0 Å². The first-order chi connectivity index (χ1) is 9.38. The molecule has 1 fully saturated rings. The summed E-state index contributed by atoms with van der Waals surface area (Å²) in [5.74, 6) is 0.106. The van der Waals surface area contributed by atoms with Crippen LogP contribution in [0.15, 0.2) is 29.2 Å². The van der Waals surface area contributed by atoms with Crippen LogP contribution in [0.5, 0.6) is 0 Å². The molecule has 7 heteroatoms. The Bertz CT molecular complexity index is 601. The van der Waals surface area contributed by atoms with Crippen molar-refractivity contribution in [3.8, 4) is 0 Å². The molecule has 0 aliphatic carbocycles. The quantitative estimate of drug-likeness (QED) is 0.763. The second kappa shape index (κ2) is 5.90. The van der Waals surface area contributed by atoms with Crippen molar-refractivity contribution in [1.82, 2.24) is 5.32 Å². The molecule has 1 aliphatic rings. The van der Waals surface area contributed by atoms with Gasteiger partial charge in [-0.1, -0.05) is 13.0 Å². The molecule has 1 saturated heterocycles. The highest BCUT2D eigenvalue weighted by molar-refractivity contribution is 7.89. The molecule has 1 amide bonds. The van der Waals surface area contributed by atoms with Gasteiger partial charge < -0.3 is 10.6 Å². The van der Waals surface area contributed by atoms with E-state index in [0.29, 0.717) is 5.69 Å². The molecule has 0 aromatic heterocycles. The number of amides is 1. The third kappa shape index (κ3) is 3.56. The number of nitrogens with one attached hydrogen (secondary N) is 2. The highest BCUT2D eigenvalue weighted by Crippen LogP contribution is 2.19. The fourth-order valence-electron chi connectivity index (χ4n) is 2.37. The zero-order valence-electron chi connectivity index (χ0n) is 11.3. The van der Waals surface area contributed by atoms with Crippen LogP contribution >= 0.6 is 0 Å². The summed E-state index contributed by atoms with van der Waals surface area (Å²) in [4.78, 5) is 12.2. The SMILES string of the molecule is CC1CCCNC1C(=O)Nc1cccc(S(N)(=O)=O)c1. The highest BCUT2D eigenvalue weighted by atomic mass is 32.2. The lowest BCUT2D eigenvalue weighted by Gasteiger charge is -2.28. The average Bonchev–Trinajstić information content (AvgIpc) is 2.38. The smallest absolute Gasteiger partial charge is 0.241 e. The van der Waals surface area contributed by atoms with Gasteiger partial charge in [-0.3, -0.25) is 4.79 Å². The molecule has 20 heavy (non-hydrogen) atoms. The Morgan fingerprint density at radius 1 is 1.45 bits per heavy atom. The van der Waals surface area contributed by atoms with Crippen molar-refractivity contribution in [3.05, 3.63) is 24.3 Å². The molecule has 0 bridgehead atoms. The van der Waals surface area contributed by atoms with Crippen LogP contribution in [0.25, 0.3) is 0 Å². The van der Waals surface area contributed by atoms with Crippen LogP contribution in [-0.4, -0.2) is 26.9 Å². The number of hydrogen-bond donors (Lipinski definition) is 3. The van der Waals surface area contributed by atoms with Crippen molar-refractivity contribution < 1.29 is 13.2 Å². The first-order valence-electron chi connectivity index (χ1n) is 6.55. The molecule has 2 unspecified atom stereocenters. The molecular formula is C13H19N3O3S. The van der Waals surface area contributed by atoms with E-state index < -0.39 is 10.0 Å². The van der Waals surface area contributed by atoms with Gasteiger partial charge in [0.25, 0.3) is 0 Å². The predicted octanol–water partition coefficient (Wildman–Crippen LogP) is 0.661. The summed E-state index contributed by atoms with van der Waals surface area (Å²) >= 11 is 0. The monoisotopic (exact) mass is 297 g/mol. The van der Waals surface area contributed by atoms with Crippen LogP contribution in [0.1, 0.15) is 19.8 Å². The lowest BCUT2D eigenvalue weighted by molar-refractivity contribution is -0.119. The van der Waals surface area contributed by atoms with E-state index >= 15 is 0 Å². The fraction of sp³-hybridized carbons (Fsp3) is 0.462. The Kier molecular flexibility index (Phi) is 4.42. The lowest BCUT2D eigenvalue weighted by Crippen LogP contribution is -2.48. The van der Waals surface area contributed by atoms with Crippen LogP contribution < -0.4 is 15.8 Å². The van der Waals surface area contributed by atoms with E-state index in [9.17, 15) is 13.2 Å². The van der Waals surface area contributed by atoms with Crippen molar-refractivity contribution in [2.75, 3.05) is 11.9 Å². The normalized spacial score (nSPS) is 23.3. The van der Waals surface area contributed by atoms with Crippen LogP contribution in [0, 0.1) is 5.92 Å². The third-order valence-electron chi connectivity index (χ3n) is 3.48. The summed E-state index contributed by atoms with van der Waals surface area (Å²) in [6.45, 7) is 2.84. The highest BCUT2D eigenvalue weighted by Gasteiger charge is 2.27. The predicted molar refractivity (Wildman–Crippen MR) is 76.6 cm³/mol. The number of sulfonamides is 1. The molecule has 1 heterocycles. The van der Waals surface area contributed by atoms with E-state index in [-0.39, 0.29) is 22.8 Å². The molecular weight excluding hydrogens is 278 g/mol. The van der Waals surface area contributed by atoms with Crippen molar-refractivity contribution in [2.24, 2.45) is 11.1 Å². The molecule has 110 valence electrons. The number of hydrogen-bond acceptors (Lipinski definition) is 4. The van der Waals surface area contributed by atoms with Crippen molar-refractivity contribution >= 4 is 21.6 Å². The Morgan fingerprint density at radius 2 is 2.20 bits per heavy atom. The van der Waals surface area contributed by atoms with Gasteiger partial charge in [0, 0.05) is 5.69 Å². The Hall–Kier alpha value is -1.44. The summed E-state index contributed by atoms with van der Waals surface area (Å²) in [6, 6.07) is 5.70. The number of anilines is 1. The number of nitrogens with two attached hydrogens (primary N) is 1.